The molecule has 1 aromatic heterocycles. The smallest absolute Gasteiger partial charge is 0.152 e. The molecule has 5 heteroatoms. The van der Waals surface area contributed by atoms with E-state index in [9.17, 15) is 0 Å². The van der Waals surface area contributed by atoms with Gasteiger partial charge in [0.25, 0.3) is 0 Å². The number of hydrogen-bond donors (Lipinski definition) is 2. The maximum Gasteiger partial charge on any atom is 0.152 e. The van der Waals surface area contributed by atoms with Crippen molar-refractivity contribution < 1.29 is 0 Å². The van der Waals surface area contributed by atoms with Gasteiger partial charge in [-0.3, -0.25) is 4.68 Å². The van der Waals surface area contributed by atoms with Crippen LogP contribution in [0, 0.1) is 0 Å². The van der Waals surface area contributed by atoms with Crippen molar-refractivity contribution in [3.8, 4) is 0 Å². The van der Waals surface area contributed by atoms with Gasteiger partial charge in [0.1, 0.15) is 0 Å². The predicted octanol–water partition coefficient (Wildman–Crippen LogP) is 2.76. The summed E-state index contributed by atoms with van der Waals surface area (Å²) in [5.41, 5.74) is 10.0. The Kier molecular flexibility index (Phi) is 4.17. The predicted molar refractivity (Wildman–Crippen MR) is 85.7 cm³/mol. The van der Waals surface area contributed by atoms with Gasteiger partial charge in [-0.25, -0.2) is 0 Å². The number of rotatable bonds is 5. The highest BCUT2D eigenvalue weighted by Crippen LogP contribution is 2.31. The van der Waals surface area contributed by atoms with Crippen molar-refractivity contribution in [2.24, 2.45) is 7.05 Å². The van der Waals surface area contributed by atoms with E-state index in [1.807, 2.05) is 44.0 Å². The Hall–Kier alpha value is -2.17. The van der Waals surface area contributed by atoms with Crippen molar-refractivity contribution in [3.63, 3.8) is 0 Å². The summed E-state index contributed by atoms with van der Waals surface area (Å²) in [4.78, 5) is 2.07. The third-order valence-corrected chi connectivity index (χ3v) is 3.29. The van der Waals surface area contributed by atoms with E-state index in [0.717, 1.165) is 41.4 Å². The number of aryl methyl sites for hydroxylation is 2. The van der Waals surface area contributed by atoms with Gasteiger partial charge < -0.3 is 16.0 Å². The minimum Gasteiger partial charge on any atom is -0.394 e. The fourth-order valence-corrected chi connectivity index (χ4v) is 2.26. The highest BCUT2D eigenvalue weighted by atomic mass is 15.3. The molecule has 2 rings (SSSR count). The summed E-state index contributed by atoms with van der Waals surface area (Å²) in [7, 11) is 5.96. The standard InChI is InChI=1S/C15H23N5/c1-5-8-12-14(16)15(20(4)18-12)17-11-9-6-7-10-13(11)19(2)3/h6-7,9-10,17H,5,8,16H2,1-4H3. The molecule has 20 heavy (non-hydrogen) atoms. The number of benzene rings is 1. The Labute approximate surface area is 120 Å². The highest BCUT2D eigenvalue weighted by Gasteiger charge is 2.14. The normalized spacial score (nSPS) is 10.6. The molecule has 0 amide bonds. The van der Waals surface area contributed by atoms with E-state index in [0.29, 0.717) is 0 Å². The zero-order chi connectivity index (χ0) is 14.7. The number of anilines is 4. The molecule has 5 nitrogen and oxygen atoms in total. The zero-order valence-corrected chi connectivity index (χ0v) is 12.6. The van der Waals surface area contributed by atoms with Gasteiger partial charge in [-0.1, -0.05) is 25.5 Å². The number of aromatic nitrogens is 2. The summed E-state index contributed by atoms with van der Waals surface area (Å²) in [6, 6.07) is 8.15. The average Bonchev–Trinajstić information content (AvgIpc) is 2.67. The number of para-hydroxylation sites is 2. The van der Waals surface area contributed by atoms with E-state index >= 15 is 0 Å². The Morgan fingerprint density at radius 3 is 2.65 bits per heavy atom. The van der Waals surface area contributed by atoms with E-state index in [2.05, 4.69) is 28.3 Å². The minimum absolute atomic E-state index is 0.739. The lowest BCUT2D eigenvalue weighted by Gasteiger charge is -2.18. The van der Waals surface area contributed by atoms with Gasteiger partial charge in [0.15, 0.2) is 5.82 Å². The molecular formula is C15H23N5. The molecule has 0 saturated carbocycles. The molecule has 0 bridgehead atoms. The van der Waals surface area contributed by atoms with Crippen LogP contribution in [0.2, 0.25) is 0 Å². The second-order valence-corrected chi connectivity index (χ2v) is 5.12. The van der Waals surface area contributed by atoms with Crippen LogP contribution in [-0.2, 0) is 13.5 Å². The maximum absolute atomic E-state index is 6.20. The molecule has 1 heterocycles. The molecule has 0 aliphatic carbocycles. The second-order valence-electron chi connectivity index (χ2n) is 5.12. The van der Waals surface area contributed by atoms with E-state index < -0.39 is 0 Å². The Bertz CT molecular complexity index is 586. The summed E-state index contributed by atoms with van der Waals surface area (Å²) < 4.78 is 1.81. The first-order valence-corrected chi connectivity index (χ1v) is 6.89. The van der Waals surface area contributed by atoms with Crippen LogP contribution >= 0.6 is 0 Å². The van der Waals surface area contributed by atoms with Crippen LogP contribution in [0.25, 0.3) is 0 Å². The molecule has 0 unspecified atom stereocenters. The molecule has 0 fully saturated rings. The van der Waals surface area contributed by atoms with Crippen molar-refractivity contribution in [2.75, 3.05) is 30.0 Å². The lowest BCUT2D eigenvalue weighted by molar-refractivity contribution is 0.740. The molecule has 3 N–H and O–H groups in total. The summed E-state index contributed by atoms with van der Waals surface area (Å²) in [5.74, 6) is 0.850. The summed E-state index contributed by atoms with van der Waals surface area (Å²) in [6.07, 6.45) is 1.94. The third kappa shape index (κ3) is 2.71. The molecule has 0 radical (unpaired) electrons. The fourth-order valence-electron chi connectivity index (χ4n) is 2.26. The first-order valence-electron chi connectivity index (χ1n) is 6.89. The Balaban J connectivity index is 2.35. The maximum atomic E-state index is 6.20. The summed E-state index contributed by atoms with van der Waals surface area (Å²) in [5, 5.41) is 7.89. The molecular weight excluding hydrogens is 250 g/mol. The quantitative estimate of drug-likeness (QED) is 0.879. The number of nitrogens with zero attached hydrogens (tertiary/aromatic N) is 3. The van der Waals surface area contributed by atoms with Crippen LogP contribution in [-0.4, -0.2) is 23.9 Å². The summed E-state index contributed by atoms with van der Waals surface area (Å²) in [6.45, 7) is 2.13. The number of hydrogen-bond acceptors (Lipinski definition) is 4. The first kappa shape index (κ1) is 14.2. The zero-order valence-electron chi connectivity index (χ0n) is 12.6. The topological polar surface area (TPSA) is 59.1 Å². The average molecular weight is 273 g/mol. The molecule has 108 valence electrons. The minimum atomic E-state index is 0.739. The molecule has 0 spiro atoms. The van der Waals surface area contributed by atoms with E-state index in [1.165, 1.54) is 0 Å². The lowest BCUT2D eigenvalue weighted by Crippen LogP contribution is -2.11. The number of nitrogens with one attached hydrogen (secondary N) is 1. The first-order chi connectivity index (χ1) is 9.54. The monoisotopic (exact) mass is 273 g/mol. The van der Waals surface area contributed by atoms with Gasteiger partial charge in [-0.15, -0.1) is 0 Å². The van der Waals surface area contributed by atoms with Crippen LogP contribution in [0.15, 0.2) is 24.3 Å². The largest absolute Gasteiger partial charge is 0.394 e. The van der Waals surface area contributed by atoms with Crippen molar-refractivity contribution in [2.45, 2.75) is 19.8 Å². The fraction of sp³-hybridized carbons (Fsp3) is 0.400. The molecule has 2 aromatic rings. The molecule has 0 atom stereocenters. The summed E-state index contributed by atoms with van der Waals surface area (Å²) >= 11 is 0. The molecule has 0 aliphatic rings. The second kappa shape index (κ2) is 5.86. The van der Waals surface area contributed by atoms with Crippen molar-refractivity contribution in [1.82, 2.24) is 9.78 Å². The SMILES string of the molecule is CCCc1nn(C)c(Nc2ccccc2N(C)C)c1N. The Morgan fingerprint density at radius 1 is 1.30 bits per heavy atom. The van der Waals surface area contributed by atoms with Gasteiger partial charge >= 0.3 is 0 Å². The van der Waals surface area contributed by atoms with Crippen molar-refractivity contribution in [1.29, 1.82) is 0 Å². The highest BCUT2D eigenvalue weighted by molar-refractivity contribution is 5.79. The Morgan fingerprint density at radius 2 is 2.00 bits per heavy atom. The van der Waals surface area contributed by atoms with Crippen LogP contribution in [0.5, 0.6) is 0 Å². The van der Waals surface area contributed by atoms with Gasteiger partial charge in [0, 0.05) is 21.1 Å². The van der Waals surface area contributed by atoms with E-state index in [4.69, 9.17) is 5.73 Å². The van der Waals surface area contributed by atoms with Crippen molar-refractivity contribution in [3.05, 3.63) is 30.0 Å². The van der Waals surface area contributed by atoms with Crippen molar-refractivity contribution >= 4 is 22.9 Å². The lowest BCUT2D eigenvalue weighted by atomic mass is 10.2. The van der Waals surface area contributed by atoms with E-state index in [1.54, 1.807) is 0 Å². The van der Waals surface area contributed by atoms with Gasteiger partial charge in [-0.2, -0.15) is 5.10 Å². The third-order valence-electron chi connectivity index (χ3n) is 3.29. The van der Waals surface area contributed by atoms with E-state index in [-0.39, 0.29) is 0 Å². The van der Waals surface area contributed by atoms with Crippen LogP contribution in [0.3, 0.4) is 0 Å². The van der Waals surface area contributed by atoms with Gasteiger partial charge in [0.05, 0.1) is 22.8 Å². The molecule has 0 saturated heterocycles. The molecule has 0 aliphatic heterocycles. The molecule has 1 aromatic carbocycles. The number of nitrogen functional groups attached to an aromatic ring is 1. The van der Waals surface area contributed by atoms with Crippen LogP contribution in [0.4, 0.5) is 22.9 Å². The van der Waals surface area contributed by atoms with Crippen LogP contribution < -0.4 is 16.0 Å². The van der Waals surface area contributed by atoms with Gasteiger partial charge in [-0.05, 0) is 18.6 Å². The van der Waals surface area contributed by atoms with Gasteiger partial charge in [0.2, 0.25) is 0 Å². The van der Waals surface area contributed by atoms with Crippen LogP contribution in [0.1, 0.15) is 19.0 Å². The number of nitrogens with two attached hydrogens (primary N) is 1.